The Morgan fingerprint density at radius 3 is 2.59 bits per heavy atom. The summed E-state index contributed by atoms with van der Waals surface area (Å²) in [7, 11) is 1.66. The molecule has 0 heterocycles. The average Bonchev–Trinajstić information content (AvgIpc) is 2.30. The van der Waals surface area contributed by atoms with E-state index in [9.17, 15) is 9.90 Å². The van der Waals surface area contributed by atoms with Crippen LogP contribution in [0, 0.1) is 0 Å². The Balaban J connectivity index is 3.01. The first kappa shape index (κ1) is 14.0. The van der Waals surface area contributed by atoms with Crippen LogP contribution in [0.1, 0.15) is 24.2 Å². The minimum atomic E-state index is -0.598. The van der Waals surface area contributed by atoms with Gasteiger partial charge in [0.25, 0.3) is 5.91 Å². The molecule has 94 valence electrons. The van der Waals surface area contributed by atoms with Gasteiger partial charge in [0.2, 0.25) is 0 Å². The van der Waals surface area contributed by atoms with E-state index >= 15 is 0 Å². The number of nitrogens with two attached hydrogens (primary N) is 1. The molecule has 5 heteroatoms. The van der Waals surface area contributed by atoms with Crippen LogP contribution in [-0.2, 0) is 0 Å². The number of nitrogens with zero attached hydrogens (tertiary/aromatic N) is 1. The number of amides is 1. The number of carbonyl (C=O) groups is 1. The summed E-state index contributed by atoms with van der Waals surface area (Å²) in [6.45, 7) is 3.50. The first-order valence-electron chi connectivity index (χ1n) is 5.23. The quantitative estimate of drug-likeness (QED) is 0.838. The topological polar surface area (TPSA) is 66.6 Å². The summed E-state index contributed by atoms with van der Waals surface area (Å²) in [4.78, 5) is 13.7. The molecule has 0 aliphatic carbocycles. The zero-order chi connectivity index (χ0) is 13.2. The summed E-state index contributed by atoms with van der Waals surface area (Å²) in [5.74, 6) is -0.164. The van der Waals surface area contributed by atoms with Crippen LogP contribution in [-0.4, -0.2) is 35.1 Å². The van der Waals surface area contributed by atoms with Crippen molar-refractivity contribution in [1.82, 2.24) is 4.90 Å². The predicted molar refractivity (Wildman–Crippen MR) is 71.8 cm³/mol. The zero-order valence-corrected chi connectivity index (χ0v) is 11.8. The van der Waals surface area contributed by atoms with Gasteiger partial charge in [0.15, 0.2) is 0 Å². The van der Waals surface area contributed by atoms with E-state index in [0.717, 1.165) is 4.47 Å². The van der Waals surface area contributed by atoms with Gasteiger partial charge in [-0.25, -0.2) is 0 Å². The van der Waals surface area contributed by atoms with Gasteiger partial charge in [0.1, 0.15) is 0 Å². The Bertz CT molecular complexity index is 433. The SMILES string of the molecule is CN(C(=O)c1ccc(Br)c(N)c1)C(C)(C)CO. The fraction of sp³-hybridized carbons (Fsp3) is 0.417. The van der Waals surface area contributed by atoms with Gasteiger partial charge < -0.3 is 15.7 Å². The Morgan fingerprint density at radius 2 is 2.12 bits per heavy atom. The number of halogens is 1. The van der Waals surface area contributed by atoms with E-state index < -0.39 is 5.54 Å². The molecule has 0 aliphatic rings. The van der Waals surface area contributed by atoms with Gasteiger partial charge >= 0.3 is 0 Å². The molecule has 0 saturated carbocycles. The first-order chi connectivity index (χ1) is 7.79. The Hall–Kier alpha value is -1.07. The number of hydrogen-bond acceptors (Lipinski definition) is 3. The van der Waals surface area contributed by atoms with Crippen LogP contribution in [0.15, 0.2) is 22.7 Å². The fourth-order valence-electron chi connectivity index (χ4n) is 1.25. The predicted octanol–water partition coefficient (Wildman–Crippen LogP) is 1.87. The molecule has 0 saturated heterocycles. The molecule has 0 atom stereocenters. The molecule has 0 bridgehead atoms. The van der Waals surface area contributed by atoms with Crippen molar-refractivity contribution in [2.75, 3.05) is 19.4 Å². The monoisotopic (exact) mass is 300 g/mol. The molecule has 1 rings (SSSR count). The van der Waals surface area contributed by atoms with Gasteiger partial charge in [-0.15, -0.1) is 0 Å². The average molecular weight is 301 g/mol. The standard InChI is InChI=1S/C12H17BrN2O2/c1-12(2,7-16)15(3)11(17)8-4-5-9(13)10(14)6-8/h4-6,16H,7,14H2,1-3H3. The van der Waals surface area contributed by atoms with Crippen LogP contribution in [0.4, 0.5) is 5.69 Å². The lowest BCUT2D eigenvalue weighted by molar-refractivity contribution is 0.0473. The third-order valence-corrected chi connectivity index (χ3v) is 3.56. The summed E-state index contributed by atoms with van der Waals surface area (Å²) in [5, 5.41) is 9.23. The normalized spacial score (nSPS) is 11.4. The van der Waals surface area contributed by atoms with Crippen molar-refractivity contribution in [3.8, 4) is 0 Å². The van der Waals surface area contributed by atoms with Crippen LogP contribution in [0.2, 0.25) is 0 Å². The number of likely N-dealkylation sites (N-methyl/N-ethyl adjacent to an activating group) is 1. The van der Waals surface area contributed by atoms with Crippen molar-refractivity contribution in [3.05, 3.63) is 28.2 Å². The van der Waals surface area contributed by atoms with Crippen LogP contribution in [0.25, 0.3) is 0 Å². The number of aliphatic hydroxyl groups excluding tert-OH is 1. The fourth-order valence-corrected chi connectivity index (χ4v) is 1.50. The van der Waals surface area contributed by atoms with Crippen molar-refractivity contribution < 1.29 is 9.90 Å². The molecule has 1 aromatic carbocycles. The van der Waals surface area contributed by atoms with Gasteiger partial charge in [-0.1, -0.05) is 0 Å². The van der Waals surface area contributed by atoms with Crippen LogP contribution in [0.3, 0.4) is 0 Å². The third kappa shape index (κ3) is 2.98. The van der Waals surface area contributed by atoms with Gasteiger partial charge in [-0.3, -0.25) is 4.79 Å². The minimum Gasteiger partial charge on any atom is -0.398 e. The molecule has 0 aromatic heterocycles. The highest BCUT2D eigenvalue weighted by Crippen LogP contribution is 2.22. The second-order valence-electron chi connectivity index (χ2n) is 4.57. The molecule has 17 heavy (non-hydrogen) atoms. The number of nitrogen functional groups attached to an aromatic ring is 1. The molecular weight excluding hydrogens is 284 g/mol. The molecule has 1 aromatic rings. The van der Waals surface area contributed by atoms with E-state index in [1.807, 2.05) is 0 Å². The van der Waals surface area contributed by atoms with Crippen molar-refractivity contribution in [3.63, 3.8) is 0 Å². The van der Waals surface area contributed by atoms with E-state index in [2.05, 4.69) is 15.9 Å². The summed E-state index contributed by atoms with van der Waals surface area (Å²) in [6.07, 6.45) is 0. The van der Waals surface area contributed by atoms with E-state index in [0.29, 0.717) is 11.3 Å². The van der Waals surface area contributed by atoms with E-state index in [1.54, 1.807) is 39.1 Å². The van der Waals surface area contributed by atoms with E-state index in [1.165, 1.54) is 4.90 Å². The second-order valence-corrected chi connectivity index (χ2v) is 5.43. The highest BCUT2D eigenvalue weighted by Gasteiger charge is 2.27. The van der Waals surface area contributed by atoms with Crippen LogP contribution in [0.5, 0.6) is 0 Å². The molecule has 0 unspecified atom stereocenters. The molecule has 1 amide bonds. The Kier molecular flexibility index (Phi) is 4.16. The maximum atomic E-state index is 12.2. The van der Waals surface area contributed by atoms with Gasteiger partial charge in [0.05, 0.1) is 12.1 Å². The molecule has 0 radical (unpaired) electrons. The van der Waals surface area contributed by atoms with Crippen LogP contribution < -0.4 is 5.73 Å². The molecule has 4 nitrogen and oxygen atoms in total. The number of carbonyl (C=O) groups excluding carboxylic acids is 1. The zero-order valence-electron chi connectivity index (χ0n) is 10.2. The van der Waals surface area contributed by atoms with Crippen molar-refractivity contribution in [1.29, 1.82) is 0 Å². The van der Waals surface area contributed by atoms with Gasteiger partial charge in [-0.2, -0.15) is 0 Å². The number of aliphatic hydroxyl groups is 1. The number of benzene rings is 1. The lowest BCUT2D eigenvalue weighted by Crippen LogP contribution is -2.47. The summed E-state index contributed by atoms with van der Waals surface area (Å²) >= 11 is 3.28. The first-order valence-corrected chi connectivity index (χ1v) is 6.03. The van der Waals surface area contributed by atoms with Crippen LogP contribution >= 0.6 is 15.9 Å². The summed E-state index contributed by atoms with van der Waals surface area (Å²) < 4.78 is 0.762. The largest absolute Gasteiger partial charge is 0.398 e. The highest BCUT2D eigenvalue weighted by atomic mass is 79.9. The van der Waals surface area contributed by atoms with E-state index in [-0.39, 0.29) is 12.5 Å². The number of anilines is 1. The smallest absolute Gasteiger partial charge is 0.254 e. The van der Waals surface area contributed by atoms with Crippen molar-refractivity contribution in [2.45, 2.75) is 19.4 Å². The van der Waals surface area contributed by atoms with Gasteiger partial charge in [0, 0.05) is 22.8 Å². The number of hydrogen-bond donors (Lipinski definition) is 2. The Morgan fingerprint density at radius 1 is 1.53 bits per heavy atom. The third-order valence-electron chi connectivity index (χ3n) is 2.84. The lowest BCUT2D eigenvalue weighted by atomic mass is 10.0. The van der Waals surface area contributed by atoms with Crippen molar-refractivity contribution >= 4 is 27.5 Å². The maximum Gasteiger partial charge on any atom is 0.254 e. The molecule has 0 fully saturated rings. The van der Waals surface area contributed by atoms with E-state index in [4.69, 9.17) is 5.73 Å². The Labute approximate surface area is 110 Å². The lowest BCUT2D eigenvalue weighted by Gasteiger charge is -2.34. The maximum absolute atomic E-state index is 12.2. The molecule has 3 N–H and O–H groups in total. The van der Waals surface area contributed by atoms with Gasteiger partial charge in [-0.05, 0) is 48.0 Å². The molecule has 0 spiro atoms. The number of rotatable bonds is 3. The summed E-state index contributed by atoms with van der Waals surface area (Å²) in [5.41, 5.74) is 6.16. The summed E-state index contributed by atoms with van der Waals surface area (Å²) in [6, 6.07) is 5.06. The minimum absolute atomic E-state index is 0.0960. The second kappa shape index (κ2) is 5.06. The van der Waals surface area contributed by atoms with Crippen molar-refractivity contribution in [2.24, 2.45) is 0 Å². The molecule has 0 aliphatic heterocycles. The highest BCUT2D eigenvalue weighted by molar-refractivity contribution is 9.10. The molecular formula is C12H17BrN2O2.